The van der Waals surface area contributed by atoms with Crippen LogP contribution in [0.3, 0.4) is 0 Å². The van der Waals surface area contributed by atoms with Crippen LogP contribution in [0.2, 0.25) is 0 Å². The molecule has 1 aromatic carbocycles. The zero-order chi connectivity index (χ0) is 14.6. The summed E-state index contributed by atoms with van der Waals surface area (Å²) in [6.07, 6.45) is 1.13. The lowest BCUT2D eigenvalue weighted by Gasteiger charge is -2.31. The molecule has 0 radical (unpaired) electrons. The van der Waals surface area contributed by atoms with Gasteiger partial charge in [-0.3, -0.25) is 0 Å². The van der Waals surface area contributed by atoms with E-state index in [0.29, 0.717) is 6.04 Å². The minimum Gasteiger partial charge on any atom is -0.491 e. The quantitative estimate of drug-likeness (QED) is 0.857. The Morgan fingerprint density at radius 2 is 1.68 bits per heavy atom. The molecule has 1 unspecified atom stereocenters. The zero-order valence-electron chi connectivity index (χ0n) is 13.1. The summed E-state index contributed by atoms with van der Waals surface area (Å²) >= 11 is 0. The molecule has 0 aliphatic rings. The lowest BCUT2D eigenvalue weighted by Crippen LogP contribution is -2.37. The van der Waals surface area contributed by atoms with Gasteiger partial charge in [-0.25, -0.2) is 0 Å². The average Bonchev–Trinajstić information content (AvgIpc) is 2.25. The van der Waals surface area contributed by atoms with Gasteiger partial charge in [-0.1, -0.05) is 12.1 Å². The van der Waals surface area contributed by atoms with Crippen molar-refractivity contribution in [3.8, 4) is 5.75 Å². The molecule has 0 aliphatic carbocycles. The van der Waals surface area contributed by atoms with Gasteiger partial charge in [-0.05, 0) is 65.9 Å². The lowest BCUT2D eigenvalue weighted by atomic mass is 9.91. The summed E-state index contributed by atoms with van der Waals surface area (Å²) in [6, 6.07) is 8.67. The van der Waals surface area contributed by atoms with Crippen LogP contribution in [-0.4, -0.2) is 30.6 Å². The van der Waals surface area contributed by atoms with E-state index in [1.165, 1.54) is 5.56 Å². The molecule has 3 heteroatoms. The number of nitrogens with two attached hydrogens (primary N) is 1. The summed E-state index contributed by atoms with van der Waals surface area (Å²) in [4.78, 5) is 2.22. The van der Waals surface area contributed by atoms with Crippen LogP contribution < -0.4 is 10.5 Å². The Kier molecular flexibility index (Phi) is 5.39. The van der Waals surface area contributed by atoms with E-state index in [-0.39, 0.29) is 11.6 Å². The molecule has 0 heterocycles. The molecule has 108 valence electrons. The number of hydrogen-bond acceptors (Lipinski definition) is 3. The lowest BCUT2D eigenvalue weighted by molar-refractivity contribution is 0.238. The van der Waals surface area contributed by atoms with Crippen LogP contribution in [0.1, 0.15) is 45.7 Å². The molecule has 0 amide bonds. The van der Waals surface area contributed by atoms with Gasteiger partial charge in [-0.15, -0.1) is 0 Å². The summed E-state index contributed by atoms with van der Waals surface area (Å²) < 4.78 is 5.67. The standard InChI is InChI=1S/C16H28N2O/c1-12(2)19-14-9-7-13(8-10-14)15(18(5)6)11-16(3,4)17/h7-10,12,15H,11,17H2,1-6H3. The second-order valence-electron chi connectivity index (χ2n) is 6.41. The highest BCUT2D eigenvalue weighted by atomic mass is 16.5. The third-order valence-electron chi connectivity index (χ3n) is 2.98. The topological polar surface area (TPSA) is 38.5 Å². The zero-order valence-corrected chi connectivity index (χ0v) is 13.1. The van der Waals surface area contributed by atoms with Crippen molar-refractivity contribution >= 4 is 0 Å². The maximum Gasteiger partial charge on any atom is 0.119 e. The van der Waals surface area contributed by atoms with Crippen molar-refractivity contribution in [3.05, 3.63) is 29.8 Å². The van der Waals surface area contributed by atoms with E-state index in [9.17, 15) is 0 Å². The second kappa shape index (κ2) is 6.40. The molecule has 19 heavy (non-hydrogen) atoms. The van der Waals surface area contributed by atoms with Crippen LogP contribution in [0.25, 0.3) is 0 Å². The van der Waals surface area contributed by atoms with Crippen molar-refractivity contribution in [1.82, 2.24) is 4.90 Å². The van der Waals surface area contributed by atoms with E-state index in [4.69, 9.17) is 10.5 Å². The fourth-order valence-corrected chi connectivity index (χ4v) is 2.14. The van der Waals surface area contributed by atoms with Crippen LogP contribution in [0, 0.1) is 0 Å². The van der Waals surface area contributed by atoms with E-state index >= 15 is 0 Å². The van der Waals surface area contributed by atoms with Crippen LogP contribution in [0.5, 0.6) is 5.75 Å². The molecular weight excluding hydrogens is 236 g/mol. The largest absolute Gasteiger partial charge is 0.491 e. The highest BCUT2D eigenvalue weighted by Crippen LogP contribution is 2.28. The molecule has 0 saturated heterocycles. The molecule has 0 aliphatic heterocycles. The van der Waals surface area contributed by atoms with Crippen LogP contribution in [0.15, 0.2) is 24.3 Å². The maximum absolute atomic E-state index is 6.16. The van der Waals surface area contributed by atoms with E-state index in [2.05, 4.69) is 45.0 Å². The molecule has 1 atom stereocenters. The number of rotatable bonds is 6. The predicted octanol–water partition coefficient (Wildman–Crippen LogP) is 3.20. The highest BCUT2D eigenvalue weighted by Gasteiger charge is 2.22. The maximum atomic E-state index is 6.16. The van der Waals surface area contributed by atoms with Crippen molar-refractivity contribution in [3.63, 3.8) is 0 Å². The first kappa shape index (κ1) is 16.0. The Morgan fingerprint density at radius 1 is 1.16 bits per heavy atom. The van der Waals surface area contributed by atoms with Gasteiger partial charge in [0.1, 0.15) is 5.75 Å². The molecule has 1 rings (SSSR count). The van der Waals surface area contributed by atoms with Crippen LogP contribution >= 0.6 is 0 Å². The van der Waals surface area contributed by atoms with Gasteiger partial charge in [0.2, 0.25) is 0 Å². The molecule has 1 aromatic rings. The number of hydrogen-bond donors (Lipinski definition) is 1. The molecular formula is C16H28N2O. The van der Waals surface area contributed by atoms with Crippen molar-refractivity contribution < 1.29 is 4.74 Å². The van der Waals surface area contributed by atoms with Gasteiger partial charge in [0.25, 0.3) is 0 Å². The van der Waals surface area contributed by atoms with E-state index in [0.717, 1.165) is 12.2 Å². The van der Waals surface area contributed by atoms with Crippen LogP contribution in [-0.2, 0) is 0 Å². The molecule has 0 spiro atoms. The molecule has 0 saturated carbocycles. The fourth-order valence-electron chi connectivity index (χ4n) is 2.14. The molecule has 0 aromatic heterocycles. The first-order valence-electron chi connectivity index (χ1n) is 6.91. The Morgan fingerprint density at radius 3 is 2.05 bits per heavy atom. The Balaban J connectivity index is 2.86. The molecule has 0 fully saturated rings. The van der Waals surface area contributed by atoms with Crippen molar-refractivity contribution in [2.24, 2.45) is 5.73 Å². The number of benzene rings is 1. The minimum absolute atomic E-state index is 0.179. The first-order chi connectivity index (χ1) is 8.69. The average molecular weight is 264 g/mol. The smallest absolute Gasteiger partial charge is 0.119 e. The van der Waals surface area contributed by atoms with Crippen LogP contribution in [0.4, 0.5) is 0 Å². The monoisotopic (exact) mass is 264 g/mol. The van der Waals surface area contributed by atoms with Gasteiger partial charge in [-0.2, -0.15) is 0 Å². The van der Waals surface area contributed by atoms with Gasteiger partial charge in [0.15, 0.2) is 0 Å². The third kappa shape index (κ3) is 5.62. The SMILES string of the molecule is CC(C)Oc1ccc(C(CC(C)(C)N)N(C)C)cc1. The van der Waals surface area contributed by atoms with Crippen molar-refractivity contribution in [2.45, 2.75) is 51.8 Å². The fraction of sp³-hybridized carbons (Fsp3) is 0.625. The second-order valence-corrected chi connectivity index (χ2v) is 6.41. The molecule has 0 bridgehead atoms. The van der Waals surface area contributed by atoms with Gasteiger partial charge >= 0.3 is 0 Å². The van der Waals surface area contributed by atoms with Gasteiger partial charge in [0.05, 0.1) is 6.10 Å². The Labute approximate surface area is 117 Å². The molecule has 3 nitrogen and oxygen atoms in total. The highest BCUT2D eigenvalue weighted by molar-refractivity contribution is 5.29. The Bertz CT molecular complexity index is 377. The normalized spacial score (nSPS) is 13.9. The van der Waals surface area contributed by atoms with Gasteiger partial charge in [0, 0.05) is 11.6 Å². The predicted molar refractivity (Wildman–Crippen MR) is 81.5 cm³/mol. The molecule has 2 N–H and O–H groups in total. The minimum atomic E-state index is -0.179. The van der Waals surface area contributed by atoms with E-state index in [1.54, 1.807) is 0 Å². The summed E-state index contributed by atoms with van der Waals surface area (Å²) in [5.41, 5.74) is 7.25. The summed E-state index contributed by atoms with van der Waals surface area (Å²) in [5.74, 6) is 0.920. The first-order valence-corrected chi connectivity index (χ1v) is 6.91. The van der Waals surface area contributed by atoms with Crippen molar-refractivity contribution in [1.29, 1.82) is 0 Å². The van der Waals surface area contributed by atoms with E-state index in [1.807, 2.05) is 26.0 Å². The number of ether oxygens (including phenoxy) is 1. The summed E-state index contributed by atoms with van der Waals surface area (Å²) in [7, 11) is 4.18. The Hall–Kier alpha value is -1.06. The third-order valence-corrected chi connectivity index (χ3v) is 2.98. The summed E-state index contributed by atoms with van der Waals surface area (Å²) in [5, 5.41) is 0. The summed E-state index contributed by atoms with van der Waals surface area (Å²) in [6.45, 7) is 8.21. The van der Waals surface area contributed by atoms with Gasteiger partial charge < -0.3 is 15.4 Å². The number of nitrogens with zero attached hydrogens (tertiary/aromatic N) is 1. The van der Waals surface area contributed by atoms with Crippen molar-refractivity contribution in [2.75, 3.05) is 14.1 Å². The van der Waals surface area contributed by atoms with E-state index < -0.39 is 0 Å².